The second-order valence-electron chi connectivity index (χ2n) is 4.65. The van der Waals surface area contributed by atoms with Crippen LogP contribution < -0.4 is 5.32 Å². The van der Waals surface area contributed by atoms with Crippen molar-refractivity contribution in [3.63, 3.8) is 0 Å². The van der Waals surface area contributed by atoms with Crippen molar-refractivity contribution in [3.8, 4) is 0 Å². The lowest BCUT2D eigenvalue weighted by Gasteiger charge is -2.11. The van der Waals surface area contributed by atoms with E-state index in [1.807, 2.05) is 29.7 Å². The molecule has 0 saturated carbocycles. The average Bonchev–Trinajstić information content (AvgIpc) is 2.77. The Morgan fingerprint density at radius 1 is 1.57 bits per heavy atom. The van der Waals surface area contributed by atoms with Gasteiger partial charge < -0.3 is 14.6 Å². The van der Waals surface area contributed by atoms with Gasteiger partial charge in [0.25, 0.3) is 0 Å². The summed E-state index contributed by atoms with van der Waals surface area (Å²) in [6, 6.07) is 5.76. The van der Waals surface area contributed by atoms with E-state index in [-0.39, 0.29) is 17.8 Å². The number of alkyl halides is 1. The van der Waals surface area contributed by atoms with Crippen molar-refractivity contribution >= 4 is 44.5 Å². The standard InChI is InChI=1S/C14H17BrClN3O2/c1-9(16)14-18-11-4-3-10(15)7-12(11)19(14)8-13(20)17-5-6-21-2/h3-4,7,9H,5-6,8H2,1-2H3,(H,17,20). The first-order valence-electron chi connectivity index (χ1n) is 6.58. The third kappa shape index (κ3) is 3.96. The summed E-state index contributed by atoms with van der Waals surface area (Å²) >= 11 is 9.62. The van der Waals surface area contributed by atoms with E-state index in [1.54, 1.807) is 7.11 Å². The van der Waals surface area contributed by atoms with Crippen molar-refractivity contribution in [1.29, 1.82) is 0 Å². The Labute approximate surface area is 136 Å². The molecule has 0 aliphatic carbocycles. The van der Waals surface area contributed by atoms with Crippen molar-refractivity contribution in [1.82, 2.24) is 14.9 Å². The number of methoxy groups -OCH3 is 1. The molecule has 0 aliphatic rings. The number of carbonyl (C=O) groups excluding carboxylic acids is 1. The summed E-state index contributed by atoms with van der Waals surface area (Å²) in [4.78, 5) is 16.5. The molecule has 0 bridgehead atoms. The van der Waals surface area contributed by atoms with Crippen LogP contribution in [0.4, 0.5) is 0 Å². The highest BCUT2D eigenvalue weighted by atomic mass is 79.9. The molecule has 2 rings (SSSR count). The Kier molecular flexibility index (Phi) is 5.61. The predicted molar refractivity (Wildman–Crippen MR) is 86.6 cm³/mol. The van der Waals surface area contributed by atoms with E-state index < -0.39 is 0 Å². The summed E-state index contributed by atoms with van der Waals surface area (Å²) in [5, 5.41) is 2.52. The number of nitrogens with zero attached hydrogens (tertiary/aromatic N) is 2. The minimum absolute atomic E-state index is 0.0927. The number of fused-ring (bicyclic) bond motifs is 1. The third-order valence-electron chi connectivity index (χ3n) is 3.03. The van der Waals surface area contributed by atoms with Crippen LogP contribution in [0.1, 0.15) is 18.1 Å². The number of carbonyl (C=O) groups is 1. The molecule has 1 amide bonds. The minimum Gasteiger partial charge on any atom is -0.383 e. The number of imidazole rings is 1. The zero-order valence-corrected chi connectivity index (χ0v) is 14.2. The summed E-state index contributed by atoms with van der Waals surface area (Å²) in [6.45, 7) is 3.00. The van der Waals surface area contributed by atoms with Gasteiger partial charge in [-0.15, -0.1) is 11.6 Å². The van der Waals surface area contributed by atoms with Crippen LogP contribution in [-0.2, 0) is 16.1 Å². The lowest BCUT2D eigenvalue weighted by Crippen LogP contribution is -2.30. The molecule has 2 aromatic rings. The molecule has 21 heavy (non-hydrogen) atoms. The van der Waals surface area contributed by atoms with E-state index in [1.165, 1.54) is 0 Å². The molecular weight excluding hydrogens is 358 g/mol. The fraction of sp³-hybridized carbons (Fsp3) is 0.429. The number of rotatable bonds is 6. The predicted octanol–water partition coefficient (Wildman–Crippen LogP) is 2.86. The molecule has 1 aromatic carbocycles. The maximum atomic E-state index is 12.0. The summed E-state index contributed by atoms with van der Waals surface area (Å²) in [5.74, 6) is 0.594. The number of halogens is 2. The first kappa shape index (κ1) is 16.3. The highest BCUT2D eigenvalue weighted by Crippen LogP contribution is 2.26. The van der Waals surface area contributed by atoms with Gasteiger partial charge in [0.1, 0.15) is 12.4 Å². The number of benzene rings is 1. The summed E-state index contributed by atoms with van der Waals surface area (Å²) in [5.41, 5.74) is 1.71. The number of nitrogens with one attached hydrogen (secondary N) is 1. The Morgan fingerprint density at radius 2 is 2.33 bits per heavy atom. The molecule has 1 heterocycles. The Morgan fingerprint density at radius 3 is 3.00 bits per heavy atom. The lowest BCUT2D eigenvalue weighted by molar-refractivity contribution is -0.121. The fourth-order valence-corrected chi connectivity index (χ4v) is 2.59. The number of amides is 1. The number of aromatic nitrogens is 2. The monoisotopic (exact) mass is 373 g/mol. The van der Waals surface area contributed by atoms with Crippen molar-refractivity contribution in [2.75, 3.05) is 20.3 Å². The first-order chi connectivity index (χ1) is 10.0. The summed E-state index contributed by atoms with van der Waals surface area (Å²) < 4.78 is 7.70. The first-order valence-corrected chi connectivity index (χ1v) is 7.81. The Bertz CT molecular complexity index is 642. The number of hydrogen-bond donors (Lipinski definition) is 1. The highest BCUT2D eigenvalue weighted by Gasteiger charge is 2.17. The normalized spacial score (nSPS) is 12.6. The van der Waals surface area contributed by atoms with Crippen LogP contribution in [0.2, 0.25) is 0 Å². The van der Waals surface area contributed by atoms with Crippen molar-refractivity contribution in [3.05, 3.63) is 28.5 Å². The van der Waals surface area contributed by atoms with Crippen LogP contribution in [0.15, 0.2) is 22.7 Å². The van der Waals surface area contributed by atoms with Gasteiger partial charge in [0.15, 0.2) is 0 Å². The van der Waals surface area contributed by atoms with Crippen LogP contribution in [-0.4, -0.2) is 35.7 Å². The molecule has 7 heteroatoms. The van der Waals surface area contributed by atoms with E-state index in [4.69, 9.17) is 16.3 Å². The maximum Gasteiger partial charge on any atom is 0.240 e. The van der Waals surface area contributed by atoms with Crippen molar-refractivity contribution < 1.29 is 9.53 Å². The van der Waals surface area contributed by atoms with Gasteiger partial charge in [0, 0.05) is 18.1 Å². The summed E-state index contributed by atoms with van der Waals surface area (Å²) in [6.07, 6.45) is 0. The molecule has 1 aromatic heterocycles. The Hall–Kier alpha value is -1.11. The van der Waals surface area contributed by atoms with Gasteiger partial charge in [-0.1, -0.05) is 15.9 Å². The van der Waals surface area contributed by atoms with E-state index in [2.05, 4.69) is 26.2 Å². The second kappa shape index (κ2) is 7.24. The van der Waals surface area contributed by atoms with Crippen LogP contribution in [0, 0.1) is 0 Å². The maximum absolute atomic E-state index is 12.0. The Balaban J connectivity index is 2.29. The van der Waals surface area contributed by atoms with Gasteiger partial charge >= 0.3 is 0 Å². The van der Waals surface area contributed by atoms with E-state index in [9.17, 15) is 4.79 Å². The zero-order valence-electron chi connectivity index (χ0n) is 11.9. The SMILES string of the molecule is COCCNC(=O)Cn1c(C(C)Cl)nc2ccc(Br)cc21. The van der Waals surface area contributed by atoms with Crippen molar-refractivity contribution in [2.24, 2.45) is 0 Å². The van der Waals surface area contributed by atoms with Crippen LogP contribution in [0.5, 0.6) is 0 Å². The van der Waals surface area contributed by atoms with Gasteiger partial charge in [-0.3, -0.25) is 4.79 Å². The van der Waals surface area contributed by atoms with Gasteiger partial charge in [-0.2, -0.15) is 0 Å². The average molecular weight is 375 g/mol. The number of hydrogen-bond acceptors (Lipinski definition) is 3. The molecular formula is C14H17BrClN3O2. The highest BCUT2D eigenvalue weighted by molar-refractivity contribution is 9.10. The van der Waals surface area contributed by atoms with E-state index in [0.717, 1.165) is 15.5 Å². The van der Waals surface area contributed by atoms with Gasteiger partial charge in [0.2, 0.25) is 5.91 Å². The van der Waals surface area contributed by atoms with E-state index in [0.29, 0.717) is 19.0 Å². The molecule has 0 radical (unpaired) electrons. The second-order valence-corrected chi connectivity index (χ2v) is 6.22. The minimum atomic E-state index is -0.275. The molecule has 114 valence electrons. The van der Waals surface area contributed by atoms with Gasteiger partial charge in [0.05, 0.1) is 23.0 Å². The van der Waals surface area contributed by atoms with Gasteiger partial charge in [-0.25, -0.2) is 4.98 Å². The number of ether oxygens (including phenoxy) is 1. The molecule has 1 unspecified atom stereocenters. The van der Waals surface area contributed by atoms with Gasteiger partial charge in [-0.05, 0) is 25.1 Å². The lowest BCUT2D eigenvalue weighted by atomic mass is 10.3. The largest absolute Gasteiger partial charge is 0.383 e. The molecule has 1 atom stereocenters. The molecule has 0 aliphatic heterocycles. The third-order valence-corrected chi connectivity index (χ3v) is 3.71. The topological polar surface area (TPSA) is 56.1 Å². The van der Waals surface area contributed by atoms with Crippen LogP contribution in [0.25, 0.3) is 11.0 Å². The molecule has 0 fully saturated rings. The quantitative estimate of drug-likeness (QED) is 0.625. The fourth-order valence-electron chi connectivity index (χ4n) is 2.08. The van der Waals surface area contributed by atoms with Crippen LogP contribution >= 0.6 is 27.5 Å². The smallest absolute Gasteiger partial charge is 0.240 e. The van der Waals surface area contributed by atoms with Crippen LogP contribution in [0.3, 0.4) is 0 Å². The van der Waals surface area contributed by atoms with E-state index >= 15 is 0 Å². The molecule has 5 nitrogen and oxygen atoms in total. The molecule has 0 spiro atoms. The van der Waals surface area contributed by atoms with Crippen molar-refractivity contribution in [2.45, 2.75) is 18.8 Å². The zero-order chi connectivity index (χ0) is 15.4. The molecule has 1 N–H and O–H groups in total. The molecule has 0 saturated heterocycles. The summed E-state index contributed by atoms with van der Waals surface area (Å²) in [7, 11) is 1.60.